The summed E-state index contributed by atoms with van der Waals surface area (Å²) >= 11 is 0. The van der Waals surface area contributed by atoms with Gasteiger partial charge in [0, 0.05) is 25.6 Å². The van der Waals surface area contributed by atoms with E-state index in [9.17, 15) is 18.3 Å². The molecule has 2 aromatic rings. The van der Waals surface area contributed by atoms with Crippen molar-refractivity contribution in [2.45, 2.75) is 38.1 Å². The van der Waals surface area contributed by atoms with E-state index >= 15 is 0 Å². The van der Waals surface area contributed by atoms with Crippen molar-refractivity contribution in [2.24, 2.45) is 10.4 Å². The van der Waals surface area contributed by atoms with Crippen LogP contribution in [0.3, 0.4) is 0 Å². The fourth-order valence-electron chi connectivity index (χ4n) is 3.16. The molecule has 1 aliphatic carbocycles. The van der Waals surface area contributed by atoms with Crippen LogP contribution in [-0.2, 0) is 21.4 Å². The Balaban J connectivity index is 1.70. The highest BCUT2D eigenvalue weighted by Crippen LogP contribution is 2.35. The molecule has 0 spiro atoms. The lowest BCUT2D eigenvalue weighted by Crippen LogP contribution is -2.26. The second kappa shape index (κ2) is 8.31. The molecule has 0 aliphatic heterocycles. The number of aliphatic imine (C=N–C) groups is 1. The first-order valence-corrected chi connectivity index (χ1v) is 10.8. The average Bonchev–Trinajstić information content (AvgIpc) is 2.66. The van der Waals surface area contributed by atoms with E-state index < -0.39 is 10.0 Å². The zero-order chi connectivity index (χ0) is 21.1. The zero-order valence-corrected chi connectivity index (χ0v) is 17.2. The van der Waals surface area contributed by atoms with Gasteiger partial charge in [-0.2, -0.15) is 0 Å². The molecule has 0 heterocycles. The summed E-state index contributed by atoms with van der Waals surface area (Å²) in [5.41, 5.74) is 1.31. The summed E-state index contributed by atoms with van der Waals surface area (Å²) < 4.78 is 27.4. The van der Waals surface area contributed by atoms with Crippen molar-refractivity contribution < 1.29 is 18.3 Å². The molecule has 0 aromatic heterocycles. The van der Waals surface area contributed by atoms with Gasteiger partial charge in [0.05, 0.1) is 16.2 Å². The van der Waals surface area contributed by atoms with Crippen molar-refractivity contribution in [1.82, 2.24) is 4.72 Å². The number of rotatable bonds is 6. The molecule has 0 saturated heterocycles. The number of carbonyl (C=O) groups is 1. The lowest BCUT2D eigenvalue weighted by atomic mass is 9.77. The molecule has 152 valence electrons. The van der Waals surface area contributed by atoms with Crippen LogP contribution in [0.2, 0.25) is 0 Å². The van der Waals surface area contributed by atoms with E-state index in [1.54, 1.807) is 12.1 Å². The lowest BCUT2D eigenvalue weighted by Gasteiger charge is -2.28. The molecule has 0 amide bonds. The molecule has 2 N–H and O–H groups in total. The lowest BCUT2D eigenvalue weighted by molar-refractivity contribution is -0.117. The number of hydrogen-bond acceptors (Lipinski definition) is 5. The second-order valence-corrected chi connectivity index (χ2v) is 9.63. The number of nitrogens with zero attached hydrogens (tertiary/aromatic N) is 1. The maximum atomic E-state index is 12.4. The van der Waals surface area contributed by atoms with Crippen LogP contribution in [0, 0.1) is 5.41 Å². The molecule has 0 radical (unpaired) electrons. The summed E-state index contributed by atoms with van der Waals surface area (Å²) in [7, 11) is -3.65. The maximum absolute atomic E-state index is 12.4. The topological polar surface area (TPSA) is 95.8 Å². The molecule has 1 aliphatic rings. The smallest absolute Gasteiger partial charge is 0.240 e. The van der Waals surface area contributed by atoms with E-state index in [2.05, 4.69) is 9.71 Å². The van der Waals surface area contributed by atoms with Gasteiger partial charge in [-0.15, -0.1) is 0 Å². The monoisotopic (exact) mass is 412 g/mol. The van der Waals surface area contributed by atoms with Crippen molar-refractivity contribution in [2.75, 3.05) is 0 Å². The highest BCUT2D eigenvalue weighted by Gasteiger charge is 2.32. The molecule has 0 atom stereocenters. The molecule has 0 unspecified atom stereocenters. The number of aliphatic hydroxyl groups is 1. The summed E-state index contributed by atoms with van der Waals surface area (Å²) in [5.74, 6) is -0.105. The Morgan fingerprint density at radius 2 is 1.72 bits per heavy atom. The van der Waals surface area contributed by atoms with Gasteiger partial charge in [0.2, 0.25) is 10.0 Å². The van der Waals surface area contributed by atoms with Gasteiger partial charge in [0.25, 0.3) is 0 Å². The minimum Gasteiger partial charge on any atom is -0.511 e. The second-order valence-electron chi connectivity index (χ2n) is 7.86. The largest absolute Gasteiger partial charge is 0.511 e. The van der Waals surface area contributed by atoms with Gasteiger partial charge < -0.3 is 5.11 Å². The molecular weight excluding hydrogens is 388 g/mol. The van der Waals surface area contributed by atoms with E-state index in [4.69, 9.17) is 0 Å². The first-order chi connectivity index (χ1) is 13.7. The van der Waals surface area contributed by atoms with Gasteiger partial charge in [0.1, 0.15) is 5.76 Å². The Labute approximate surface area is 171 Å². The number of Topliss-reactive ketones (excluding diaryl/α,β-unsaturated/α-hetero) is 1. The third-order valence-electron chi connectivity index (χ3n) is 4.70. The Kier molecular flexibility index (Phi) is 6.00. The van der Waals surface area contributed by atoms with Crippen LogP contribution in [0.1, 0.15) is 32.3 Å². The van der Waals surface area contributed by atoms with Gasteiger partial charge in [0.15, 0.2) is 5.78 Å². The number of aliphatic hydroxyl groups excluding tert-OH is 1. The molecule has 0 bridgehead atoms. The molecule has 0 fully saturated rings. The van der Waals surface area contributed by atoms with E-state index in [0.717, 1.165) is 5.56 Å². The molecule has 6 nitrogen and oxygen atoms in total. The predicted molar refractivity (Wildman–Crippen MR) is 113 cm³/mol. The van der Waals surface area contributed by atoms with Crippen LogP contribution in [-0.4, -0.2) is 25.5 Å². The molecule has 0 saturated carbocycles. The Bertz CT molecular complexity index is 1050. The van der Waals surface area contributed by atoms with E-state index in [0.29, 0.717) is 18.5 Å². The third-order valence-corrected chi connectivity index (χ3v) is 6.11. The van der Waals surface area contributed by atoms with Gasteiger partial charge >= 0.3 is 0 Å². The molecule has 29 heavy (non-hydrogen) atoms. The zero-order valence-electron chi connectivity index (χ0n) is 16.4. The van der Waals surface area contributed by atoms with Crippen molar-refractivity contribution in [1.29, 1.82) is 0 Å². The van der Waals surface area contributed by atoms with Crippen LogP contribution < -0.4 is 4.72 Å². The summed E-state index contributed by atoms with van der Waals surface area (Å²) in [4.78, 5) is 16.6. The Hall–Kier alpha value is -2.77. The SMILES string of the molecule is CC1(C)CC(=O)C(C=Nc2ccc(S(=O)(=O)NCc3ccccc3)cc2)=C(O)C1. The van der Waals surface area contributed by atoms with E-state index in [1.807, 2.05) is 44.2 Å². The van der Waals surface area contributed by atoms with Gasteiger partial charge in [-0.3, -0.25) is 9.79 Å². The third kappa shape index (κ3) is 5.40. The van der Waals surface area contributed by atoms with Gasteiger partial charge in [-0.05, 0) is 35.2 Å². The first kappa shape index (κ1) is 21.0. The van der Waals surface area contributed by atoms with Crippen LogP contribution in [0.4, 0.5) is 5.69 Å². The number of nitrogens with one attached hydrogen (secondary N) is 1. The highest BCUT2D eigenvalue weighted by molar-refractivity contribution is 7.89. The molecule has 2 aromatic carbocycles. The number of sulfonamides is 1. The summed E-state index contributed by atoms with van der Waals surface area (Å²) in [5, 5.41) is 10.1. The quantitative estimate of drug-likeness (QED) is 0.699. The standard InChI is InChI=1S/C22H24N2O4S/c1-22(2)12-20(25)19(21(26)13-22)15-23-17-8-10-18(11-9-17)29(27,28)24-14-16-6-4-3-5-7-16/h3-11,15,24-25H,12-14H2,1-2H3. The van der Waals surface area contributed by atoms with Crippen LogP contribution in [0.15, 0.2) is 75.8 Å². The Morgan fingerprint density at radius 3 is 2.34 bits per heavy atom. The first-order valence-electron chi connectivity index (χ1n) is 9.29. The average molecular weight is 413 g/mol. The van der Waals surface area contributed by atoms with Crippen molar-refractivity contribution in [3.63, 3.8) is 0 Å². The number of ketones is 1. The van der Waals surface area contributed by atoms with Crippen LogP contribution in [0.5, 0.6) is 0 Å². The van der Waals surface area contributed by atoms with Gasteiger partial charge in [-0.25, -0.2) is 13.1 Å². The van der Waals surface area contributed by atoms with Crippen LogP contribution in [0.25, 0.3) is 0 Å². The highest BCUT2D eigenvalue weighted by atomic mass is 32.2. The summed E-state index contributed by atoms with van der Waals surface area (Å²) in [6.45, 7) is 4.06. The van der Waals surface area contributed by atoms with Crippen molar-refractivity contribution in [3.8, 4) is 0 Å². The maximum Gasteiger partial charge on any atom is 0.240 e. The normalized spacial score (nSPS) is 17.1. The minimum atomic E-state index is -3.65. The fourth-order valence-corrected chi connectivity index (χ4v) is 4.17. The number of benzene rings is 2. The number of allylic oxidation sites excluding steroid dienone is 2. The number of carbonyl (C=O) groups excluding carboxylic acids is 1. The number of hydrogen-bond donors (Lipinski definition) is 2. The fraction of sp³-hybridized carbons (Fsp3) is 0.273. The molecule has 3 rings (SSSR count). The van der Waals surface area contributed by atoms with E-state index in [-0.39, 0.29) is 34.0 Å². The molecular formula is C22H24N2O4S. The van der Waals surface area contributed by atoms with Gasteiger partial charge in [-0.1, -0.05) is 44.2 Å². The van der Waals surface area contributed by atoms with Crippen LogP contribution >= 0.6 is 0 Å². The van der Waals surface area contributed by atoms with Crippen molar-refractivity contribution >= 4 is 27.7 Å². The molecule has 7 heteroatoms. The minimum absolute atomic E-state index is 0.0410. The predicted octanol–water partition coefficient (Wildman–Crippen LogP) is 4.07. The Morgan fingerprint density at radius 1 is 1.07 bits per heavy atom. The van der Waals surface area contributed by atoms with E-state index in [1.165, 1.54) is 18.3 Å². The van der Waals surface area contributed by atoms with Crippen molar-refractivity contribution in [3.05, 3.63) is 71.5 Å². The summed E-state index contributed by atoms with van der Waals surface area (Å²) in [6, 6.07) is 15.3. The summed E-state index contributed by atoms with van der Waals surface area (Å²) in [6.07, 6.45) is 2.12.